The third-order valence-electron chi connectivity index (χ3n) is 2.83. The minimum absolute atomic E-state index is 0.460. The molecular weight excluding hydrogens is 326 g/mol. The molecule has 0 N–H and O–H groups in total. The van der Waals surface area contributed by atoms with E-state index in [1.54, 1.807) is 6.08 Å². The Labute approximate surface area is 133 Å². The van der Waals surface area contributed by atoms with Crippen molar-refractivity contribution in [3.05, 3.63) is 76.8 Å². The minimum atomic E-state index is 0.460. The Morgan fingerprint density at radius 3 is 2.62 bits per heavy atom. The van der Waals surface area contributed by atoms with Gasteiger partial charge >= 0.3 is 0 Å². The van der Waals surface area contributed by atoms with Gasteiger partial charge in [0.25, 0.3) is 0 Å². The maximum Gasteiger partial charge on any atom is 0.133 e. The first-order valence-electron chi connectivity index (χ1n) is 6.45. The summed E-state index contributed by atoms with van der Waals surface area (Å²) in [5.41, 5.74) is 2.47. The summed E-state index contributed by atoms with van der Waals surface area (Å²) in [6, 6.07) is 17.6. The molecule has 2 nitrogen and oxygen atoms in total. The molecule has 0 heterocycles. The van der Waals surface area contributed by atoms with Crippen molar-refractivity contribution in [3.63, 3.8) is 0 Å². The first-order valence-corrected chi connectivity index (χ1v) is 7.24. The second-order valence-corrected chi connectivity index (χ2v) is 5.18. The Morgan fingerprint density at radius 2 is 2.00 bits per heavy atom. The number of hydrogen-bond acceptors (Lipinski definition) is 2. The summed E-state index contributed by atoms with van der Waals surface area (Å²) in [6.07, 6.45) is 3.56. The van der Waals surface area contributed by atoms with Gasteiger partial charge < -0.3 is 4.74 Å². The molecule has 3 heteroatoms. The molecule has 2 aromatic carbocycles. The molecule has 0 spiro atoms. The highest BCUT2D eigenvalue weighted by Gasteiger charge is 2.04. The van der Waals surface area contributed by atoms with Crippen LogP contribution in [0, 0.1) is 11.3 Å². The van der Waals surface area contributed by atoms with Gasteiger partial charge in [-0.1, -0.05) is 49.1 Å². The SMILES string of the molecule is C=CCOc1ccc(/C=C(\C#N)c2ccccc2)cc1Br. The number of hydrogen-bond donors (Lipinski definition) is 0. The summed E-state index contributed by atoms with van der Waals surface area (Å²) < 4.78 is 6.36. The Bertz CT molecular complexity index is 699. The van der Waals surface area contributed by atoms with Crippen LogP contribution in [0.1, 0.15) is 11.1 Å². The van der Waals surface area contributed by atoms with E-state index >= 15 is 0 Å². The molecule has 2 rings (SSSR count). The summed E-state index contributed by atoms with van der Waals surface area (Å²) in [4.78, 5) is 0. The van der Waals surface area contributed by atoms with E-state index in [1.165, 1.54) is 0 Å². The van der Waals surface area contributed by atoms with Crippen molar-refractivity contribution in [2.24, 2.45) is 0 Å². The molecular formula is C18H14BrNO. The highest BCUT2D eigenvalue weighted by molar-refractivity contribution is 9.10. The first-order chi connectivity index (χ1) is 10.2. The summed E-state index contributed by atoms with van der Waals surface area (Å²) >= 11 is 3.47. The third kappa shape index (κ3) is 4.08. The number of ether oxygens (including phenoxy) is 1. The van der Waals surface area contributed by atoms with Crippen molar-refractivity contribution in [1.29, 1.82) is 5.26 Å². The molecule has 0 saturated heterocycles. The van der Waals surface area contributed by atoms with Crippen molar-refractivity contribution in [2.75, 3.05) is 6.61 Å². The van der Waals surface area contributed by atoms with Crippen LogP contribution in [-0.2, 0) is 0 Å². The first kappa shape index (κ1) is 15.1. The monoisotopic (exact) mass is 339 g/mol. The van der Waals surface area contributed by atoms with Gasteiger partial charge in [-0.2, -0.15) is 5.26 Å². The van der Waals surface area contributed by atoms with Crippen LogP contribution in [0.25, 0.3) is 11.6 Å². The molecule has 0 fully saturated rings. The van der Waals surface area contributed by atoms with E-state index in [2.05, 4.69) is 28.6 Å². The van der Waals surface area contributed by atoms with Gasteiger partial charge in [-0.3, -0.25) is 0 Å². The number of halogens is 1. The maximum atomic E-state index is 9.32. The van der Waals surface area contributed by atoms with Crippen LogP contribution in [0.4, 0.5) is 0 Å². The van der Waals surface area contributed by atoms with Gasteiger partial charge in [0.15, 0.2) is 0 Å². The van der Waals surface area contributed by atoms with Crippen LogP contribution in [0.3, 0.4) is 0 Å². The molecule has 21 heavy (non-hydrogen) atoms. The molecule has 0 unspecified atom stereocenters. The van der Waals surface area contributed by atoms with Crippen LogP contribution in [0.2, 0.25) is 0 Å². The number of nitrogens with zero attached hydrogens (tertiary/aromatic N) is 1. The molecule has 2 aromatic rings. The molecule has 0 amide bonds. The average molecular weight is 340 g/mol. The molecule has 104 valence electrons. The van der Waals surface area contributed by atoms with Crippen molar-refractivity contribution in [1.82, 2.24) is 0 Å². The van der Waals surface area contributed by atoms with Gasteiger partial charge in [-0.05, 0) is 45.3 Å². The average Bonchev–Trinajstić information content (AvgIpc) is 2.52. The molecule has 0 radical (unpaired) electrons. The molecule has 0 aliphatic carbocycles. The quantitative estimate of drug-likeness (QED) is 0.432. The third-order valence-corrected chi connectivity index (χ3v) is 3.45. The number of allylic oxidation sites excluding steroid dienone is 1. The predicted molar refractivity (Wildman–Crippen MR) is 89.8 cm³/mol. The van der Waals surface area contributed by atoms with Gasteiger partial charge in [0, 0.05) is 0 Å². The van der Waals surface area contributed by atoms with Gasteiger partial charge in [0.05, 0.1) is 16.1 Å². The number of benzene rings is 2. The van der Waals surface area contributed by atoms with Crippen LogP contribution in [0.5, 0.6) is 5.75 Å². The second-order valence-electron chi connectivity index (χ2n) is 4.33. The van der Waals surface area contributed by atoms with Gasteiger partial charge in [0.2, 0.25) is 0 Å². The summed E-state index contributed by atoms with van der Waals surface area (Å²) in [7, 11) is 0. The zero-order valence-corrected chi connectivity index (χ0v) is 13.0. The van der Waals surface area contributed by atoms with Gasteiger partial charge in [-0.15, -0.1) is 0 Å². The normalized spacial score (nSPS) is 10.8. The summed E-state index contributed by atoms with van der Waals surface area (Å²) in [5.74, 6) is 0.755. The zero-order valence-electron chi connectivity index (χ0n) is 11.4. The van der Waals surface area contributed by atoms with E-state index in [0.717, 1.165) is 21.3 Å². The Balaban J connectivity index is 2.30. The summed E-state index contributed by atoms with van der Waals surface area (Å²) in [5, 5.41) is 9.32. The second kappa shape index (κ2) is 7.47. The van der Waals surface area contributed by atoms with E-state index in [4.69, 9.17) is 4.74 Å². The minimum Gasteiger partial charge on any atom is -0.488 e. The van der Waals surface area contributed by atoms with E-state index in [9.17, 15) is 5.26 Å². The smallest absolute Gasteiger partial charge is 0.133 e. The van der Waals surface area contributed by atoms with E-state index in [-0.39, 0.29) is 0 Å². The lowest BCUT2D eigenvalue weighted by Crippen LogP contribution is -1.93. The van der Waals surface area contributed by atoms with Crippen LogP contribution in [-0.4, -0.2) is 6.61 Å². The van der Waals surface area contributed by atoms with E-state index in [0.29, 0.717) is 12.2 Å². The molecule has 0 saturated carbocycles. The van der Waals surface area contributed by atoms with Crippen molar-refractivity contribution in [3.8, 4) is 11.8 Å². The molecule has 0 atom stereocenters. The fourth-order valence-corrected chi connectivity index (χ4v) is 2.35. The highest BCUT2D eigenvalue weighted by atomic mass is 79.9. The fourth-order valence-electron chi connectivity index (χ4n) is 1.84. The number of nitriles is 1. The zero-order chi connectivity index (χ0) is 15.1. The molecule has 0 aromatic heterocycles. The van der Waals surface area contributed by atoms with Crippen molar-refractivity contribution in [2.45, 2.75) is 0 Å². The molecule has 0 aliphatic heterocycles. The summed E-state index contributed by atoms with van der Waals surface area (Å²) in [6.45, 7) is 4.08. The van der Waals surface area contributed by atoms with Crippen LogP contribution in [0.15, 0.2) is 65.7 Å². The topological polar surface area (TPSA) is 33.0 Å². The van der Waals surface area contributed by atoms with Crippen LogP contribution >= 0.6 is 15.9 Å². The van der Waals surface area contributed by atoms with Crippen molar-refractivity contribution >= 4 is 27.6 Å². The van der Waals surface area contributed by atoms with Crippen LogP contribution < -0.4 is 4.74 Å². The van der Waals surface area contributed by atoms with Crippen molar-refractivity contribution < 1.29 is 4.74 Å². The fraction of sp³-hybridized carbons (Fsp3) is 0.0556. The van der Waals surface area contributed by atoms with E-state index in [1.807, 2.05) is 54.6 Å². The largest absolute Gasteiger partial charge is 0.488 e. The lowest BCUT2D eigenvalue weighted by molar-refractivity contribution is 0.361. The highest BCUT2D eigenvalue weighted by Crippen LogP contribution is 2.28. The van der Waals surface area contributed by atoms with E-state index < -0.39 is 0 Å². The Kier molecular flexibility index (Phi) is 5.36. The number of rotatable bonds is 5. The Hall–Kier alpha value is -2.31. The predicted octanol–water partition coefficient (Wildman–Crippen LogP) is 5.08. The maximum absolute atomic E-state index is 9.32. The molecule has 0 aliphatic rings. The lowest BCUT2D eigenvalue weighted by atomic mass is 10.0. The standard InChI is InChI=1S/C18H14BrNO/c1-2-10-21-18-9-8-14(12-17(18)19)11-16(13-20)15-6-4-3-5-7-15/h2-9,11-12H,1,10H2/b16-11+. The van der Waals surface area contributed by atoms with Gasteiger partial charge in [0.1, 0.15) is 12.4 Å². The van der Waals surface area contributed by atoms with Gasteiger partial charge in [-0.25, -0.2) is 0 Å². The molecule has 0 bridgehead atoms. The Morgan fingerprint density at radius 1 is 1.24 bits per heavy atom. The lowest BCUT2D eigenvalue weighted by Gasteiger charge is -2.07.